The Labute approximate surface area is 114 Å². The van der Waals surface area contributed by atoms with E-state index < -0.39 is 0 Å². The molecule has 1 aromatic carbocycles. The zero-order valence-corrected chi connectivity index (χ0v) is 12.8. The van der Waals surface area contributed by atoms with Crippen molar-refractivity contribution in [3.63, 3.8) is 0 Å². The van der Waals surface area contributed by atoms with Gasteiger partial charge in [-0.2, -0.15) is 0 Å². The smallest absolute Gasteiger partial charge is 0.147 e. The van der Waals surface area contributed by atoms with Crippen molar-refractivity contribution < 1.29 is 4.74 Å². The average Bonchev–Trinajstić information content (AvgIpc) is 2.21. The quantitative estimate of drug-likeness (QED) is 0.787. The number of benzene rings is 1. The Hall–Kier alpha value is -0.0600. The third-order valence-corrected chi connectivity index (χ3v) is 3.25. The summed E-state index contributed by atoms with van der Waals surface area (Å²) in [7, 11) is 0. The molecule has 0 amide bonds. The highest BCUT2D eigenvalue weighted by atomic mass is 79.9. The highest BCUT2D eigenvalue weighted by molar-refractivity contribution is 9.11. The predicted octanol–water partition coefficient (Wildman–Crippen LogP) is 3.84. The molecule has 0 aromatic heterocycles. The first-order chi connectivity index (χ1) is 7.61. The fourth-order valence-corrected chi connectivity index (χ4v) is 2.46. The summed E-state index contributed by atoms with van der Waals surface area (Å²) >= 11 is 6.93. The van der Waals surface area contributed by atoms with Gasteiger partial charge in [0.2, 0.25) is 0 Å². The lowest BCUT2D eigenvalue weighted by Crippen LogP contribution is -2.25. The molecule has 4 heteroatoms. The second kappa shape index (κ2) is 7.30. The van der Waals surface area contributed by atoms with Crippen LogP contribution in [0, 0.1) is 5.92 Å². The van der Waals surface area contributed by atoms with E-state index in [1.165, 1.54) is 0 Å². The van der Waals surface area contributed by atoms with Crippen molar-refractivity contribution in [2.24, 2.45) is 5.92 Å². The summed E-state index contributed by atoms with van der Waals surface area (Å²) in [6.45, 7) is 6.96. The van der Waals surface area contributed by atoms with Crippen LogP contribution < -0.4 is 10.1 Å². The first-order valence-corrected chi connectivity index (χ1v) is 6.97. The molecule has 0 aliphatic heterocycles. The molecule has 90 valence electrons. The number of rotatable bonds is 6. The summed E-state index contributed by atoms with van der Waals surface area (Å²) in [5.74, 6) is 1.55. The van der Waals surface area contributed by atoms with E-state index in [1.807, 2.05) is 18.2 Å². The van der Waals surface area contributed by atoms with Gasteiger partial charge in [-0.25, -0.2) is 0 Å². The van der Waals surface area contributed by atoms with Gasteiger partial charge < -0.3 is 10.1 Å². The van der Waals surface area contributed by atoms with Crippen molar-refractivity contribution in [2.45, 2.75) is 13.8 Å². The molecule has 1 rings (SSSR count). The third kappa shape index (κ3) is 4.85. The molecular formula is C12H17Br2NO. The lowest BCUT2D eigenvalue weighted by atomic mass is 10.2. The Morgan fingerprint density at radius 3 is 2.44 bits per heavy atom. The van der Waals surface area contributed by atoms with E-state index in [-0.39, 0.29) is 0 Å². The normalized spacial score (nSPS) is 10.8. The second-order valence-electron chi connectivity index (χ2n) is 4.00. The lowest BCUT2D eigenvalue weighted by Gasteiger charge is -2.11. The molecule has 0 bridgehead atoms. The molecular weight excluding hydrogens is 334 g/mol. The van der Waals surface area contributed by atoms with Crippen molar-refractivity contribution in [1.82, 2.24) is 5.32 Å². The van der Waals surface area contributed by atoms with Crippen LogP contribution in [0.3, 0.4) is 0 Å². The lowest BCUT2D eigenvalue weighted by molar-refractivity contribution is 0.307. The van der Waals surface area contributed by atoms with Gasteiger partial charge in [0.25, 0.3) is 0 Å². The number of ether oxygens (including phenoxy) is 1. The molecule has 2 nitrogen and oxygen atoms in total. The molecule has 16 heavy (non-hydrogen) atoms. The molecule has 0 heterocycles. The maximum Gasteiger partial charge on any atom is 0.147 e. The Kier molecular flexibility index (Phi) is 6.39. The van der Waals surface area contributed by atoms with Crippen LogP contribution in [0.2, 0.25) is 0 Å². The SMILES string of the molecule is CC(C)CNCCOc1c(Br)cccc1Br. The summed E-state index contributed by atoms with van der Waals surface area (Å²) < 4.78 is 7.65. The van der Waals surface area contributed by atoms with Crippen LogP contribution >= 0.6 is 31.9 Å². The number of hydrogen-bond donors (Lipinski definition) is 1. The van der Waals surface area contributed by atoms with Crippen molar-refractivity contribution >= 4 is 31.9 Å². The topological polar surface area (TPSA) is 21.3 Å². The van der Waals surface area contributed by atoms with E-state index in [2.05, 4.69) is 51.0 Å². The molecule has 1 N–H and O–H groups in total. The molecule has 0 atom stereocenters. The monoisotopic (exact) mass is 349 g/mol. The largest absolute Gasteiger partial charge is 0.490 e. The summed E-state index contributed by atoms with van der Waals surface area (Å²) in [5.41, 5.74) is 0. The van der Waals surface area contributed by atoms with E-state index in [9.17, 15) is 0 Å². The highest BCUT2D eigenvalue weighted by Crippen LogP contribution is 2.32. The summed E-state index contributed by atoms with van der Waals surface area (Å²) in [5, 5.41) is 3.34. The van der Waals surface area contributed by atoms with Gasteiger partial charge in [0.05, 0.1) is 8.95 Å². The molecule has 0 saturated heterocycles. The predicted molar refractivity (Wildman–Crippen MR) is 75.0 cm³/mol. The summed E-state index contributed by atoms with van der Waals surface area (Å²) in [4.78, 5) is 0. The first kappa shape index (κ1) is 14.0. The van der Waals surface area contributed by atoms with Crippen LogP contribution in [0.5, 0.6) is 5.75 Å². The minimum absolute atomic E-state index is 0.675. The van der Waals surface area contributed by atoms with Crippen molar-refractivity contribution in [2.75, 3.05) is 19.7 Å². The molecule has 0 fully saturated rings. The van der Waals surface area contributed by atoms with Crippen LogP contribution in [-0.2, 0) is 0 Å². The Bertz CT molecular complexity index is 309. The minimum Gasteiger partial charge on any atom is -0.490 e. The fourth-order valence-electron chi connectivity index (χ4n) is 1.24. The van der Waals surface area contributed by atoms with E-state index in [1.54, 1.807) is 0 Å². The van der Waals surface area contributed by atoms with E-state index in [0.29, 0.717) is 12.5 Å². The standard InChI is InChI=1S/C12H17Br2NO/c1-9(2)8-15-6-7-16-12-10(13)4-3-5-11(12)14/h3-5,9,15H,6-8H2,1-2H3. The number of hydrogen-bond acceptors (Lipinski definition) is 2. The Balaban J connectivity index is 2.32. The van der Waals surface area contributed by atoms with Crippen molar-refractivity contribution in [1.29, 1.82) is 0 Å². The summed E-state index contributed by atoms with van der Waals surface area (Å²) in [6, 6.07) is 5.92. The molecule has 1 aromatic rings. The first-order valence-electron chi connectivity index (χ1n) is 5.38. The van der Waals surface area contributed by atoms with Gasteiger partial charge in [0.1, 0.15) is 12.4 Å². The van der Waals surface area contributed by atoms with Gasteiger partial charge >= 0.3 is 0 Å². The molecule has 0 aliphatic rings. The average molecular weight is 351 g/mol. The minimum atomic E-state index is 0.675. The zero-order valence-electron chi connectivity index (χ0n) is 9.59. The van der Waals surface area contributed by atoms with Gasteiger partial charge in [-0.15, -0.1) is 0 Å². The maximum absolute atomic E-state index is 5.69. The number of para-hydroxylation sites is 1. The molecule has 0 radical (unpaired) electrons. The van der Waals surface area contributed by atoms with Gasteiger partial charge in [-0.3, -0.25) is 0 Å². The zero-order chi connectivity index (χ0) is 12.0. The van der Waals surface area contributed by atoms with Crippen molar-refractivity contribution in [3.05, 3.63) is 27.1 Å². The van der Waals surface area contributed by atoms with Gasteiger partial charge in [0.15, 0.2) is 0 Å². The van der Waals surface area contributed by atoms with Gasteiger partial charge in [-0.1, -0.05) is 19.9 Å². The Morgan fingerprint density at radius 1 is 1.25 bits per heavy atom. The summed E-state index contributed by atoms with van der Waals surface area (Å²) in [6.07, 6.45) is 0. The van der Waals surface area contributed by atoms with Crippen LogP contribution in [0.4, 0.5) is 0 Å². The number of nitrogens with one attached hydrogen (secondary N) is 1. The van der Waals surface area contributed by atoms with Crippen LogP contribution in [0.25, 0.3) is 0 Å². The van der Waals surface area contributed by atoms with Crippen molar-refractivity contribution in [3.8, 4) is 5.75 Å². The van der Waals surface area contributed by atoms with E-state index >= 15 is 0 Å². The second-order valence-corrected chi connectivity index (χ2v) is 5.71. The molecule has 0 aliphatic carbocycles. The molecule has 0 spiro atoms. The van der Waals surface area contributed by atoms with Gasteiger partial charge in [-0.05, 0) is 56.5 Å². The number of halogens is 2. The Morgan fingerprint density at radius 2 is 1.88 bits per heavy atom. The third-order valence-electron chi connectivity index (χ3n) is 2.00. The van der Waals surface area contributed by atoms with E-state index in [0.717, 1.165) is 27.8 Å². The fraction of sp³-hybridized carbons (Fsp3) is 0.500. The molecule has 0 unspecified atom stereocenters. The van der Waals surface area contributed by atoms with Crippen LogP contribution in [0.15, 0.2) is 27.1 Å². The van der Waals surface area contributed by atoms with Crippen LogP contribution in [-0.4, -0.2) is 19.7 Å². The molecule has 0 saturated carbocycles. The van der Waals surface area contributed by atoms with Gasteiger partial charge in [0, 0.05) is 6.54 Å². The van der Waals surface area contributed by atoms with E-state index in [4.69, 9.17) is 4.74 Å². The highest BCUT2D eigenvalue weighted by Gasteiger charge is 2.04. The van der Waals surface area contributed by atoms with Crippen LogP contribution in [0.1, 0.15) is 13.8 Å². The maximum atomic E-state index is 5.69.